The summed E-state index contributed by atoms with van der Waals surface area (Å²) < 4.78 is 34.8. The predicted octanol–water partition coefficient (Wildman–Crippen LogP) is 3.39. The number of hydrogen-bond donors (Lipinski definition) is 1. The summed E-state index contributed by atoms with van der Waals surface area (Å²) in [6.07, 6.45) is 1.84. The molecule has 0 bridgehead atoms. The van der Waals surface area contributed by atoms with E-state index in [1.54, 1.807) is 24.3 Å². The molecule has 2 rings (SSSR count). The van der Waals surface area contributed by atoms with Crippen LogP contribution in [0.25, 0.3) is 0 Å². The summed E-state index contributed by atoms with van der Waals surface area (Å²) in [6.45, 7) is 7.46. The van der Waals surface area contributed by atoms with Crippen molar-refractivity contribution in [3.63, 3.8) is 0 Å². The minimum absolute atomic E-state index is 0.00877. The van der Waals surface area contributed by atoms with Gasteiger partial charge in [0.25, 0.3) is 10.1 Å². The lowest BCUT2D eigenvalue weighted by molar-refractivity contribution is 0.0503. The van der Waals surface area contributed by atoms with Crippen LogP contribution in [-0.2, 0) is 19.0 Å². The first-order valence-corrected chi connectivity index (χ1v) is 9.91. The highest BCUT2D eigenvalue weighted by molar-refractivity contribution is 7.86. The number of rotatable bonds is 5. The molecule has 0 aliphatic heterocycles. The third-order valence-electron chi connectivity index (χ3n) is 4.03. The average Bonchev–Trinajstić information content (AvgIpc) is 2.91. The molecule has 1 saturated carbocycles. The zero-order valence-corrected chi connectivity index (χ0v) is 16.1. The van der Waals surface area contributed by atoms with E-state index in [0.29, 0.717) is 6.42 Å². The topological polar surface area (TPSA) is 81.7 Å². The first kappa shape index (κ1) is 19.7. The Kier molecular flexibility index (Phi) is 6.11. The van der Waals surface area contributed by atoms with E-state index in [-0.39, 0.29) is 23.5 Å². The molecule has 0 aromatic heterocycles. The second kappa shape index (κ2) is 7.74. The van der Waals surface area contributed by atoms with Gasteiger partial charge in [-0.25, -0.2) is 4.79 Å². The number of benzene rings is 1. The van der Waals surface area contributed by atoms with Crippen molar-refractivity contribution in [3.8, 4) is 0 Å². The van der Waals surface area contributed by atoms with E-state index in [4.69, 9.17) is 8.92 Å². The smallest absolute Gasteiger partial charge is 0.407 e. The lowest BCUT2D eigenvalue weighted by Crippen LogP contribution is -2.38. The van der Waals surface area contributed by atoms with Crippen molar-refractivity contribution >= 4 is 16.2 Å². The van der Waals surface area contributed by atoms with E-state index >= 15 is 0 Å². The Morgan fingerprint density at radius 1 is 1.20 bits per heavy atom. The van der Waals surface area contributed by atoms with Crippen molar-refractivity contribution in [2.75, 3.05) is 6.61 Å². The highest BCUT2D eigenvalue weighted by Crippen LogP contribution is 2.27. The molecule has 1 aromatic rings. The summed E-state index contributed by atoms with van der Waals surface area (Å²) in [6, 6.07) is 6.57. The monoisotopic (exact) mass is 369 g/mol. The fourth-order valence-electron chi connectivity index (χ4n) is 2.79. The van der Waals surface area contributed by atoms with E-state index in [0.717, 1.165) is 18.4 Å². The highest BCUT2D eigenvalue weighted by Gasteiger charge is 2.29. The third-order valence-corrected chi connectivity index (χ3v) is 5.33. The fraction of sp³-hybridized carbons (Fsp3) is 0.611. The Labute approximate surface area is 150 Å². The second-order valence-corrected chi connectivity index (χ2v) is 9.19. The molecule has 2 atom stereocenters. The van der Waals surface area contributed by atoms with Crippen molar-refractivity contribution in [1.82, 2.24) is 5.32 Å². The first-order valence-electron chi connectivity index (χ1n) is 8.51. The van der Waals surface area contributed by atoms with Crippen molar-refractivity contribution in [1.29, 1.82) is 0 Å². The van der Waals surface area contributed by atoms with Crippen LogP contribution in [0.15, 0.2) is 29.2 Å². The molecule has 2 unspecified atom stereocenters. The van der Waals surface area contributed by atoms with Crippen LogP contribution in [0.4, 0.5) is 4.79 Å². The van der Waals surface area contributed by atoms with Gasteiger partial charge in [0.15, 0.2) is 0 Å². The summed E-state index contributed by atoms with van der Waals surface area (Å²) in [5, 5.41) is 2.83. The van der Waals surface area contributed by atoms with Gasteiger partial charge in [0.2, 0.25) is 0 Å². The zero-order valence-electron chi connectivity index (χ0n) is 15.2. The number of amides is 1. The Hall–Kier alpha value is -1.60. The molecular weight excluding hydrogens is 342 g/mol. The van der Waals surface area contributed by atoms with Crippen molar-refractivity contribution in [2.45, 2.75) is 63.5 Å². The minimum atomic E-state index is -3.74. The summed E-state index contributed by atoms with van der Waals surface area (Å²) in [4.78, 5) is 12.0. The van der Waals surface area contributed by atoms with Crippen LogP contribution in [-0.4, -0.2) is 32.8 Å². The zero-order chi connectivity index (χ0) is 18.7. The largest absolute Gasteiger partial charge is 0.444 e. The van der Waals surface area contributed by atoms with Crippen LogP contribution in [0.1, 0.15) is 45.6 Å². The van der Waals surface area contributed by atoms with E-state index in [1.807, 2.05) is 27.7 Å². The van der Waals surface area contributed by atoms with Gasteiger partial charge in [0.1, 0.15) is 5.60 Å². The molecule has 0 spiro atoms. The SMILES string of the molecule is Cc1ccc(S(=O)(=O)OCC2CCC(NC(=O)OC(C)(C)C)C2)cc1. The van der Waals surface area contributed by atoms with E-state index < -0.39 is 21.8 Å². The second-order valence-electron chi connectivity index (χ2n) is 7.57. The molecule has 7 heteroatoms. The van der Waals surface area contributed by atoms with Crippen LogP contribution >= 0.6 is 0 Å². The van der Waals surface area contributed by atoms with Crippen molar-refractivity contribution in [3.05, 3.63) is 29.8 Å². The lowest BCUT2D eigenvalue weighted by atomic mass is 10.1. The van der Waals surface area contributed by atoms with Crippen LogP contribution < -0.4 is 5.32 Å². The molecule has 25 heavy (non-hydrogen) atoms. The molecule has 1 amide bonds. The molecule has 1 aromatic carbocycles. The van der Waals surface area contributed by atoms with Gasteiger partial charge in [0.05, 0.1) is 11.5 Å². The van der Waals surface area contributed by atoms with Crippen LogP contribution in [0.5, 0.6) is 0 Å². The Morgan fingerprint density at radius 3 is 2.44 bits per heavy atom. The number of hydrogen-bond acceptors (Lipinski definition) is 5. The van der Waals surface area contributed by atoms with E-state index in [2.05, 4.69) is 5.32 Å². The predicted molar refractivity (Wildman–Crippen MR) is 94.8 cm³/mol. The Bertz CT molecular complexity index is 691. The maximum atomic E-state index is 12.2. The molecule has 0 radical (unpaired) electrons. The van der Waals surface area contributed by atoms with Crippen molar-refractivity contribution < 1.29 is 22.1 Å². The van der Waals surface area contributed by atoms with Gasteiger partial charge < -0.3 is 10.1 Å². The van der Waals surface area contributed by atoms with E-state index in [9.17, 15) is 13.2 Å². The summed E-state index contributed by atoms with van der Waals surface area (Å²) in [7, 11) is -3.74. The fourth-order valence-corrected chi connectivity index (χ4v) is 3.77. The molecule has 1 N–H and O–H groups in total. The van der Waals surface area contributed by atoms with Crippen LogP contribution in [0, 0.1) is 12.8 Å². The quantitative estimate of drug-likeness (QED) is 0.805. The Balaban J connectivity index is 1.81. The summed E-state index contributed by atoms with van der Waals surface area (Å²) in [5.74, 6) is 0.0974. The normalized spacial score (nSPS) is 21.1. The van der Waals surface area contributed by atoms with Crippen LogP contribution in [0.2, 0.25) is 0 Å². The number of alkyl carbamates (subject to hydrolysis) is 1. The van der Waals surface area contributed by atoms with Gasteiger partial charge in [-0.1, -0.05) is 17.7 Å². The standard InChI is InChI=1S/C18H27NO5S/c1-13-5-9-16(10-6-13)25(21,22)23-12-14-7-8-15(11-14)19-17(20)24-18(2,3)4/h5-6,9-10,14-15H,7-8,11-12H2,1-4H3,(H,19,20). The summed E-state index contributed by atoms with van der Waals surface area (Å²) in [5.41, 5.74) is 0.457. The van der Waals surface area contributed by atoms with Gasteiger partial charge in [0, 0.05) is 6.04 Å². The van der Waals surface area contributed by atoms with E-state index in [1.165, 1.54) is 0 Å². The molecule has 6 nitrogen and oxygen atoms in total. The maximum absolute atomic E-state index is 12.2. The number of nitrogens with one attached hydrogen (secondary N) is 1. The maximum Gasteiger partial charge on any atom is 0.407 e. The van der Waals surface area contributed by atoms with Crippen LogP contribution in [0.3, 0.4) is 0 Å². The molecule has 140 valence electrons. The molecular formula is C18H27NO5S. The Morgan fingerprint density at radius 2 is 1.84 bits per heavy atom. The third kappa shape index (κ3) is 6.32. The van der Waals surface area contributed by atoms with Gasteiger partial charge >= 0.3 is 6.09 Å². The molecule has 1 aliphatic rings. The molecule has 0 saturated heterocycles. The summed E-state index contributed by atoms with van der Waals surface area (Å²) >= 11 is 0. The van der Waals surface area contributed by atoms with Gasteiger partial charge in [-0.2, -0.15) is 8.42 Å². The molecule has 1 aliphatic carbocycles. The molecule has 0 heterocycles. The highest BCUT2D eigenvalue weighted by atomic mass is 32.2. The lowest BCUT2D eigenvalue weighted by Gasteiger charge is -2.21. The van der Waals surface area contributed by atoms with Gasteiger partial charge in [-0.3, -0.25) is 4.18 Å². The van der Waals surface area contributed by atoms with Gasteiger partial charge in [-0.05, 0) is 65.0 Å². The number of carbonyl (C=O) groups is 1. The first-order chi connectivity index (χ1) is 11.5. The number of carbonyl (C=O) groups excluding carboxylic acids is 1. The average molecular weight is 369 g/mol. The minimum Gasteiger partial charge on any atom is -0.444 e. The van der Waals surface area contributed by atoms with Gasteiger partial charge in [-0.15, -0.1) is 0 Å². The molecule has 1 fully saturated rings. The number of ether oxygens (including phenoxy) is 1. The number of aryl methyl sites for hydroxylation is 1. The van der Waals surface area contributed by atoms with Crippen molar-refractivity contribution in [2.24, 2.45) is 5.92 Å².